The van der Waals surface area contributed by atoms with E-state index in [1.54, 1.807) is 19.3 Å². The molecule has 1 saturated heterocycles. The molecule has 1 aliphatic carbocycles. The highest BCUT2D eigenvalue weighted by Crippen LogP contribution is 2.35. The van der Waals surface area contributed by atoms with E-state index in [0.29, 0.717) is 38.1 Å². The van der Waals surface area contributed by atoms with Gasteiger partial charge in [0.2, 0.25) is 0 Å². The highest BCUT2D eigenvalue weighted by atomic mass is 19.1. The Hall–Kier alpha value is -2.93. The molecule has 2 fully saturated rings. The summed E-state index contributed by atoms with van der Waals surface area (Å²) < 4.78 is 14.1. The zero-order chi connectivity index (χ0) is 23.5. The first kappa shape index (κ1) is 22.8. The molecule has 0 unspecified atom stereocenters. The van der Waals surface area contributed by atoms with Crippen molar-refractivity contribution in [2.24, 2.45) is 5.92 Å². The van der Waals surface area contributed by atoms with Gasteiger partial charge in [0.1, 0.15) is 17.3 Å². The van der Waals surface area contributed by atoms with Gasteiger partial charge in [-0.2, -0.15) is 0 Å². The number of alkyl halides is 1. The third-order valence-corrected chi connectivity index (χ3v) is 7.24. The van der Waals surface area contributed by atoms with E-state index < -0.39 is 5.67 Å². The lowest BCUT2D eigenvalue weighted by atomic mass is 9.78. The lowest BCUT2D eigenvalue weighted by Crippen LogP contribution is -2.35. The van der Waals surface area contributed by atoms with Crippen molar-refractivity contribution in [2.75, 3.05) is 18.4 Å². The SMILES string of the molecule is CC1(F)CCC(C(=O)Cc2cc3cc(-c4cncc(NC5CCNCC5)n4)ccc3cn2)CC1. The predicted octanol–water partition coefficient (Wildman–Crippen LogP) is 4.89. The van der Waals surface area contributed by atoms with Crippen LogP contribution in [-0.2, 0) is 11.2 Å². The van der Waals surface area contributed by atoms with Gasteiger partial charge in [0.25, 0.3) is 0 Å². The molecule has 2 N–H and O–H groups in total. The lowest BCUT2D eigenvalue weighted by Gasteiger charge is -2.30. The lowest BCUT2D eigenvalue weighted by molar-refractivity contribution is -0.124. The summed E-state index contributed by atoms with van der Waals surface area (Å²) in [5.41, 5.74) is 1.42. The molecule has 1 aromatic carbocycles. The van der Waals surface area contributed by atoms with Crippen molar-refractivity contribution in [1.82, 2.24) is 20.3 Å². The molecule has 1 aliphatic heterocycles. The number of pyridine rings is 1. The van der Waals surface area contributed by atoms with Gasteiger partial charge in [0, 0.05) is 41.2 Å². The molecule has 0 atom stereocenters. The van der Waals surface area contributed by atoms with Gasteiger partial charge < -0.3 is 10.6 Å². The molecular weight excluding hydrogens is 429 g/mol. The third-order valence-electron chi connectivity index (χ3n) is 7.24. The second-order valence-electron chi connectivity index (χ2n) is 10.0. The number of carbonyl (C=O) groups excluding carboxylic acids is 1. The average molecular weight is 462 g/mol. The summed E-state index contributed by atoms with van der Waals surface area (Å²) in [6.07, 6.45) is 10.0. The largest absolute Gasteiger partial charge is 0.366 e. The van der Waals surface area contributed by atoms with Crippen LogP contribution in [-0.4, -0.2) is 45.5 Å². The van der Waals surface area contributed by atoms with Gasteiger partial charge >= 0.3 is 0 Å². The molecule has 0 amide bonds. The number of fused-ring (bicyclic) bond motifs is 1. The number of aromatic nitrogens is 3. The van der Waals surface area contributed by atoms with Crippen molar-refractivity contribution in [1.29, 1.82) is 0 Å². The van der Waals surface area contributed by atoms with Crippen molar-refractivity contribution in [3.63, 3.8) is 0 Å². The second kappa shape index (κ2) is 9.74. The Morgan fingerprint density at radius 2 is 1.88 bits per heavy atom. The minimum absolute atomic E-state index is 0.0573. The summed E-state index contributed by atoms with van der Waals surface area (Å²) >= 11 is 0. The molecular formula is C27H32FN5O. The van der Waals surface area contributed by atoms with Gasteiger partial charge in [-0.25, -0.2) is 9.37 Å². The Bertz CT molecular complexity index is 1160. The van der Waals surface area contributed by atoms with Crippen molar-refractivity contribution in [2.45, 2.75) is 63.6 Å². The van der Waals surface area contributed by atoms with Gasteiger partial charge in [0.15, 0.2) is 0 Å². The fraction of sp³-hybridized carbons (Fsp3) is 0.481. The molecule has 3 aromatic rings. The fourth-order valence-corrected chi connectivity index (χ4v) is 5.06. The summed E-state index contributed by atoms with van der Waals surface area (Å²) in [4.78, 5) is 26.5. The standard InChI is InChI=1S/C27H32FN5O/c1-27(28)8-4-18(5-9-27)25(34)14-23-13-21-12-19(2-3-20(21)15-31-23)24-16-30-17-26(33-24)32-22-6-10-29-11-7-22/h2-3,12-13,15-18,22,29H,4-11,14H2,1H3,(H,32,33). The van der Waals surface area contributed by atoms with Crippen LogP contribution in [0.25, 0.3) is 22.0 Å². The highest BCUT2D eigenvalue weighted by Gasteiger charge is 2.33. The van der Waals surface area contributed by atoms with Crippen molar-refractivity contribution >= 4 is 22.4 Å². The number of Topliss-reactive ketones (excluding diaryl/α,β-unsaturated/α-hetero) is 1. The normalized spacial score (nSPS) is 23.6. The van der Waals surface area contributed by atoms with Crippen LogP contribution >= 0.6 is 0 Å². The van der Waals surface area contributed by atoms with Gasteiger partial charge in [-0.15, -0.1) is 0 Å². The maximum Gasteiger partial charge on any atom is 0.145 e. The Labute approximate surface area is 199 Å². The van der Waals surface area contributed by atoms with Crippen molar-refractivity contribution in [3.05, 3.63) is 48.5 Å². The topological polar surface area (TPSA) is 79.8 Å². The maximum absolute atomic E-state index is 14.1. The van der Waals surface area contributed by atoms with Crippen LogP contribution in [0, 0.1) is 5.92 Å². The number of nitrogens with one attached hydrogen (secondary N) is 2. The molecule has 34 heavy (non-hydrogen) atoms. The van der Waals surface area contributed by atoms with E-state index in [-0.39, 0.29) is 11.7 Å². The number of nitrogens with zero attached hydrogens (tertiary/aromatic N) is 3. The first-order chi connectivity index (χ1) is 16.4. The van der Waals surface area contributed by atoms with E-state index in [2.05, 4.69) is 26.7 Å². The van der Waals surface area contributed by atoms with Gasteiger partial charge in [-0.05, 0) is 76.1 Å². The molecule has 1 saturated carbocycles. The smallest absolute Gasteiger partial charge is 0.145 e. The number of anilines is 1. The van der Waals surface area contributed by atoms with Crippen LogP contribution in [0.15, 0.2) is 42.9 Å². The molecule has 3 heterocycles. The third kappa shape index (κ3) is 5.41. The number of halogens is 1. The van der Waals surface area contributed by atoms with Crippen LogP contribution in [0.2, 0.25) is 0 Å². The van der Waals surface area contributed by atoms with Crippen molar-refractivity contribution in [3.8, 4) is 11.3 Å². The molecule has 0 bridgehead atoms. The summed E-state index contributed by atoms with van der Waals surface area (Å²) in [6.45, 7) is 3.67. The van der Waals surface area contributed by atoms with Gasteiger partial charge in [0.05, 0.1) is 18.1 Å². The van der Waals surface area contributed by atoms with E-state index in [0.717, 1.165) is 59.5 Å². The Morgan fingerprint density at radius 1 is 1.09 bits per heavy atom. The van der Waals surface area contributed by atoms with Gasteiger partial charge in [-0.1, -0.05) is 12.1 Å². The van der Waals surface area contributed by atoms with Gasteiger partial charge in [-0.3, -0.25) is 14.8 Å². The van der Waals surface area contributed by atoms with E-state index in [4.69, 9.17) is 4.98 Å². The Balaban J connectivity index is 1.31. The maximum atomic E-state index is 14.1. The Kier molecular flexibility index (Phi) is 6.55. The predicted molar refractivity (Wildman–Crippen MR) is 132 cm³/mol. The second-order valence-corrected chi connectivity index (χ2v) is 10.0. The minimum Gasteiger partial charge on any atom is -0.366 e. The fourth-order valence-electron chi connectivity index (χ4n) is 5.06. The highest BCUT2D eigenvalue weighted by molar-refractivity contribution is 5.88. The monoisotopic (exact) mass is 461 g/mol. The molecule has 178 valence electrons. The van der Waals surface area contributed by atoms with E-state index in [1.165, 1.54) is 0 Å². The Morgan fingerprint density at radius 3 is 2.68 bits per heavy atom. The van der Waals surface area contributed by atoms with E-state index >= 15 is 0 Å². The van der Waals surface area contributed by atoms with Crippen molar-refractivity contribution < 1.29 is 9.18 Å². The van der Waals surface area contributed by atoms with Crippen LogP contribution in [0.3, 0.4) is 0 Å². The zero-order valence-corrected chi connectivity index (χ0v) is 19.7. The summed E-state index contributed by atoms with van der Waals surface area (Å²) in [7, 11) is 0. The number of hydrogen-bond donors (Lipinski definition) is 2. The summed E-state index contributed by atoms with van der Waals surface area (Å²) in [5.74, 6) is 0.904. The van der Waals surface area contributed by atoms with Crippen LogP contribution in [0.1, 0.15) is 51.1 Å². The number of benzene rings is 1. The number of rotatable bonds is 6. The first-order valence-corrected chi connectivity index (χ1v) is 12.4. The van der Waals surface area contributed by atoms with Crippen LogP contribution < -0.4 is 10.6 Å². The summed E-state index contributed by atoms with van der Waals surface area (Å²) in [5, 5.41) is 8.92. The molecule has 0 radical (unpaired) electrons. The summed E-state index contributed by atoms with van der Waals surface area (Å²) in [6, 6.07) is 8.54. The molecule has 5 rings (SSSR count). The molecule has 2 aromatic heterocycles. The first-order valence-electron chi connectivity index (χ1n) is 12.4. The minimum atomic E-state index is -1.13. The van der Waals surface area contributed by atoms with Crippen LogP contribution in [0.4, 0.5) is 10.2 Å². The van der Waals surface area contributed by atoms with E-state index in [1.807, 2.05) is 24.4 Å². The van der Waals surface area contributed by atoms with Crippen LogP contribution in [0.5, 0.6) is 0 Å². The quantitative estimate of drug-likeness (QED) is 0.544. The zero-order valence-electron chi connectivity index (χ0n) is 19.7. The molecule has 6 nitrogen and oxygen atoms in total. The molecule has 0 spiro atoms. The molecule has 7 heteroatoms. The average Bonchev–Trinajstić information content (AvgIpc) is 2.84. The number of carbonyl (C=O) groups is 1. The number of hydrogen-bond acceptors (Lipinski definition) is 6. The van der Waals surface area contributed by atoms with E-state index in [9.17, 15) is 9.18 Å². The number of ketones is 1. The number of piperidine rings is 1. The molecule has 2 aliphatic rings.